The largest absolute Gasteiger partial charge is 0.395 e. The van der Waals surface area contributed by atoms with Crippen molar-refractivity contribution in [2.45, 2.75) is 13.3 Å². The second-order valence-corrected chi connectivity index (χ2v) is 4.48. The molecule has 2 aromatic heterocycles. The summed E-state index contributed by atoms with van der Waals surface area (Å²) >= 11 is 1.63. The molecule has 0 radical (unpaired) electrons. The fraction of sp³-hybridized carbons (Fsp3) is 0.400. The number of nitrogens with two attached hydrogens (primary N) is 1. The minimum Gasteiger partial charge on any atom is -0.395 e. The van der Waals surface area contributed by atoms with Crippen LogP contribution in [0.3, 0.4) is 0 Å². The maximum absolute atomic E-state index is 8.79. The van der Waals surface area contributed by atoms with Crippen LogP contribution in [0.1, 0.15) is 11.8 Å². The van der Waals surface area contributed by atoms with Crippen LogP contribution in [0.25, 0.3) is 10.2 Å². The van der Waals surface area contributed by atoms with Crippen molar-refractivity contribution in [3.05, 3.63) is 10.9 Å². The summed E-state index contributed by atoms with van der Waals surface area (Å²) in [7, 11) is 0. The number of anilines is 2. The number of nitrogens with zero attached hydrogens (tertiary/aromatic N) is 2. The third-order valence-corrected chi connectivity index (χ3v) is 3.39. The number of hydrogen-bond donors (Lipinski definition) is 3. The fourth-order valence-electron chi connectivity index (χ4n) is 1.47. The molecule has 5 nitrogen and oxygen atoms in total. The number of aliphatic hydroxyl groups excluding tert-OH is 1. The Balaban J connectivity index is 2.48. The molecule has 0 spiro atoms. The van der Waals surface area contributed by atoms with E-state index in [4.69, 9.17) is 10.8 Å². The highest BCUT2D eigenvalue weighted by molar-refractivity contribution is 7.18. The van der Waals surface area contributed by atoms with Crippen LogP contribution in [-0.2, 0) is 6.42 Å². The van der Waals surface area contributed by atoms with Crippen LogP contribution in [0.15, 0.2) is 6.07 Å². The second-order valence-electron chi connectivity index (χ2n) is 3.37. The Morgan fingerprint density at radius 3 is 3.00 bits per heavy atom. The molecule has 0 atom stereocenters. The van der Waals surface area contributed by atoms with Gasteiger partial charge in [0.2, 0.25) is 5.95 Å². The number of nitrogen functional groups attached to an aromatic ring is 1. The van der Waals surface area contributed by atoms with E-state index < -0.39 is 0 Å². The molecule has 0 saturated carbocycles. The van der Waals surface area contributed by atoms with Crippen LogP contribution >= 0.6 is 11.3 Å². The molecule has 0 saturated heterocycles. The third kappa shape index (κ3) is 2.07. The maximum atomic E-state index is 8.79. The van der Waals surface area contributed by atoms with Crippen LogP contribution in [-0.4, -0.2) is 28.2 Å². The summed E-state index contributed by atoms with van der Waals surface area (Å²) in [5.74, 6) is 0.963. The number of nitrogens with one attached hydrogen (secondary N) is 1. The zero-order valence-electron chi connectivity index (χ0n) is 9.03. The van der Waals surface area contributed by atoms with Gasteiger partial charge >= 0.3 is 0 Å². The van der Waals surface area contributed by atoms with Crippen molar-refractivity contribution in [2.24, 2.45) is 0 Å². The molecule has 0 aliphatic heterocycles. The number of rotatable bonds is 4. The number of thiophene rings is 1. The molecule has 2 aromatic rings. The Morgan fingerprint density at radius 2 is 2.31 bits per heavy atom. The quantitative estimate of drug-likeness (QED) is 0.746. The topological polar surface area (TPSA) is 84.1 Å². The molecular formula is C10H14N4OS. The van der Waals surface area contributed by atoms with E-state index in [2.05, 4.69) is 28.3 Å². The highest BCUT2D eigenvalue weighted by Crippen LogP contribution is 2.29. The van der Waals surface area contributed by atoms with Gasteiger partial charge in [0.05, 0.1) is 12.0 Å². The summed E-state index contributed by atoms with van der Waals surface area (Å²) in [6.07, 6.45) is 0.973. The van der Waals surface area contributed by atoms with E-state index in [9.17, 15) is 0 Å². The molecule has 0 unspecified atom stereocenters. The van der Waals surface area contributed by atoms with Crippen molar-refractivity contribution < 1.29 is 5.11 Å². The summed E-state index contributed by atoms with van der Waals surface area (Å²) < 4.78 is 0. The molecule has 0 bridgehead atoms. The van der Waals surface area contributed by atoms with Gasteiger partial charge in [-0.25, -0.2) is 4.98 Å². The first-order valence-electron chi connectivity index (χ1n) is 5.15. The van der Waals surface area contributed by atoms with E-state index in [1.807, 2.05) is 0 Å². The number of aryl methyl sites for hydroxylation is 1. The van der Waals surface area contributed by atoms with Gasteiger partial charge in [0, 0.05) is 11.4 Å². The molecule has 2 heterocycles. The molecular weight excluding hydrogens is 224 g/mol. The third-order valence-electron chi connectivity index (χ3n) is 2.21. The lowest BCUT2D eigenvalue weighted by molar-refractivity contribution is 0.311. The monoisotopic (exact) mass is 238 g/mol. The average Bonchev–Trinajstić information content (AvgIpc) is 2.68. The van der Waals surface area contributed by atoms with Crippen molar-refractivity contribution in [2.75, 3.05) is 24.2 Å². The minimum atomic E-state index is 0.0656. The summed E-state index contributed by atoms with van der Waals surface area (Å²) in [5.41, 5.74) is 5.63. The predicted molar refractivity (Wildman–Crippen MR) is 66.8 cm³/mol. The van der Waals surface area contributed by atoms with Gasteiger partial charge < -0.3 is 16.2 Å². The summed E-state index contributed by atoms with van der Waals surface area (Å²) in [6.45, 7) is 2.63. The van der Waals surface area contributed by atoms with Crippen LogP contribution in [0.4, 0.5) is 11.8 Å². The smallest absolute Gasteiger partial charge is 0.223 e. The first-order valence-corrected chi connectivity index (χ1v) is 5.97. The number of aliphatic hydroxyl groups is 1. The lowest BCUT2D eigenvalue weighted by atomic mass is 10.3. The van der Waals surface area contributed by atoms with Crippen molar-refractivity contribution in [1.29, 1.82) is 0 Å². The van der Waals surface area contributed by atoms with Gasteiger partial charge in [0.25, 0.3) is 0 Å². The predicted octanol–water partition coefficient (Wildman–Crippen LogP) is 1.24. The normalized spacial score (nSPS) is 10.9. The zero-order chi connectivity index (χ0) is 11.5. The molecule has 0 amide bonds. The van der Waals surface area contributed by atoms with Crippen LogP contribution in [0, 0.1) is 0 Å². The Hall–Kier alpha value is -1.40. The minimum absolute atomic E-state index is 0.0656. The Bertz CT molecular complexity index is 497. The van der Waals surface area contributed by atoms with Gasteiger partial charge in [-0.3, -0.25) is 0 Å². The van der Waals surface area contributed by atoms with Crippen molar-refractivity contribution >= 4 is 33.3 Å². The first kappa shape index (κ1) is 11.1. The number of aromatic nitrogens is 2. The van der Waals surface area contributed by atoms with E-state index in [0.29, 0.717) is 12.4 Å². The van der Waals surface area contributed by atoms with Crippen LogP contribution < -0.4 is 11.1 Å². The van der Waals surface area contributed by atoms with Gasteiger partial charge in [-0.1, -0.05) is 6.92 Å². The van der Waals surface area contributed by atoms with E-state index in [1.54, 1.807) is 11.3 Å². The Labute approximate surface area is 97.3 Å². The van der Waals surface area contributed by atoms with E-state index in [-0.39, 0.29) is 12.6 Å². The molecule has 6 heteroatoms. The average molecular weight is 238 g/mol. The molecule has 86 valence electrons. The summed E-state index contributed by atoms with van der Waals surface area (Å²) in [4.78, 5) is 10.5. The highest BCUT2D eigenvalue weighted by atomic mass is 32.1. The van der Waals surface area contributed by atoms with E-state index in [1.165, 1.54) is 4.88 Å². The van der Waals surface area contributed by atoms with Crippen LogP contribution in [0.2, 0.25) is 0 Å². The number of hydrogen-bond acceptors (Lipinski definition) is 6. The molecule has 0 aromatic carbocycles. The summed E-state index contributed by atoms with van der Waals surface area (Å²) in [6, 6.07) is 2.07. The number of fused-ring (bicyclic) bond motifs is 1. The Morgan fingerprint density at radius 1 is 1.50 bits per heavy atom. The van der Waals surface area contributed by atoms with Gasteiger partial charge in [-0.05, 0) is 12.5 Å². The van der Waals surface area contributed by atoms with Crippen molar-refractivity contribution in [3.63, 3.8) is 0 Å². The van der Waals surface area contributed by atoms with Crippen LogP contribution in [0.5, 0.6) is 0 Å². The maximum Gasteiger partial charge on any atom is 0.223 e. The zero-order valence-corrected chi connectivity index (χ0v) is 9.84. The molecule has 0 aliphatic rings. The molecule has 0 fully saturated rings. The van der Waals surface area contributed by atoms with E-state index in [0.717, 1.165) is 16.6 Å². The standard InChI is InChI=1S/C10H14N4OS/c1-2-6-5-7-8(12-3-4-15)13-10(11)14-9(7)16-6/h5,15H,2-4H2,1H3,(H3,11,12,13,14). The summed E-state index contributed by atoms with van der Waals surface area (Å²) in [5, 5.41) is 12.8. The molecule has 0 aliphatic carbocycles. The van der Waals surface area contributed by atoms with E-state index >= 15 is 0 Å². The lowest BCUT2D eigenvalue weighted by Crippen LogP contribution is -2.08. The van der Waals surface area contributed by atoms with Gasteiger partial charge in [0.15, 0.2) is 0 Å². The molecule has 2 rings (SSSR count). The molecule has 4 N–H and O–H groups in total. The van der Waals surface area contributed by atoms with Crippen molar-refractivity contribution in [3.8, 4) is 0 Å². The second kappa shape index (κ2) is 4.63. The van der Waals surface area contributed by atoms with Crippen molar-refractivity contribution in [1.82, 2.24) is 9.97 Å². The Kier molecular flexibility index (Phi) is 3.21. The molecule has 16 heavy (non-hydrogen) atoms. The highest BCUT2D eigenvalue weighted by Gasteiger charge is 2.09. The lowest BCUT2D eigenvalue weighted by Gasteiger charge is -2.04. The SMILES string of the molecule is CCc1cc2c(NCCO)nc(N)nc2s1. The van der Waals surface area contributed by atoms with Gasteiger partial charge in [-0.2, -0.15) is 4.98 Å². The fourth-order valence-corrected chi connectivity index (χ4v) is 2.45. The first-order chi connectivity index (χ1) is 7.74. The van der Waals surface area contributed by atoms with Gasteiger partial charge in [0.1, 0.15) is 10.6 Å². The van der Waals surface area contributed by atoms with Gasteiger partial charge in [-0.15, -0.1) is 11.3 Å².